The van der Waals surface area contributed by atoms with Gasteiger partial charge in [-0.15, -0.1) is 0 Å². The molecule has 2 nitrogen and oxygen atoms in total. The van der Waals surface area contributed by atoms with Crippen LogP contribution in [0.15, 0.2) is 133 Å². The Bertz CT molecular complexity index is 2800. The first-order chi connectivity index (χ1) is 24.3. The fourth-order valence-corrected chi connectivity index (χ4v) is 8.46. The minimum Gasteiger partial charge on any atom is -0.310 e. The molecule has 9 rings (SSSR count). The van der Waals surface area contributed by atoms with Gasteiger partial charge in [-0.05, 0) is 58.7 Å². The van der Waals surface area contributed by atoms with Crippen molar-refractivity contribution in [2.45, 2.75) is 0 Å². The van der Waals surface area contributed by atoms with Crippen LogP contribution in [0.2, 0.25) is 0 Å². The monoisotopic (exact) mass is 632 g/mol. The van der Waals surface area contributed by atoms with Crippen molar-refractivity contribution >= 4 is 123 Å². The van der Waals surface area contributed by atoms with Crippen molar-refractivity contribution in [2.75, 3.05) is 0 Å². The number of aromatic nitrogens is 2. The summed E-state index contributed by atoms with van der Waals surface area (Å²) < 4.78 is 5.03. The van der Waals surface area contributed by atoms with Gasteiger partial charge >= 0.3 is 0 Å². The third-order valence-corrected chi connectivity index (χ3v) is 11.1. The minimum atomic E-state index is 1.18. The highest BCUT2D eigenvalue weighted by atomic mass is 15.0. The average molecular weight is 632 g/mol. The maximum atomic E-state index is 2.52. The van der Waals surface area contributed by atoms with Gasteiger partial charge in [0.2, 0.25) is 0 Å². The molecule has 2 heterocycles. The molecule has 230 valence electrons. The molecule has 8 heteroatoms. The highest BCUT2D eigenvalue weighted by Crippen LogP contribution is 2.41. The molecule has 0 aliphatic rings. The molecule has 0 spiro atoms. The van der Waals surface area contributed by atoms with Gasteiger partial charge in [0.25, 0.3) is 0 Å². The lowest BCUT2D eigenvalue weighted by Crippen LogP contribution is -2.31. The summed E-state index contributed by atoms with van der Waals surface area (Å²) in [5.41, 5.74) is 20.3. The smallest absolute Gasteiger partial charge is 0.142 e. The maximum Gasteiger partial charge on any atom is 0.142 e. The van der Waals surface area contributed by atoms with E-state index in [0.717, 1.165) is 0 Å². The van der Waals surface area contributed by atoms with E-state index in [4.69, 9.17) is 0 Å². The van der Waals surface area contributed by atoms with Gasteiger partial charge in [-0.1, -0.05) is 130 Å². The standard InChI is InChI=1S/C42H34B6N2/c43-29-21-31(45)41-37(39(29)47)35-33(49(41)27-16-14-25(15-17-27)23-8-3-1-4-9-23)18-19-34-36(35)38-40(48)30(44)22-32(46)42(38)50(34)28-13-7-12-26(20-28)24-10-5-2-6-11-24/h1-22H,43-48H2. The van der Waals surface area contributed by atoms with E-state index in [9.17, 15) is 0 Å². The van der Waals surface area contributed by atoms with Crippen LogP contribution in [-0.2, 0) is 0 Å². The van der Waals surface area contributed by atoms with Crippen LogP contribution >= 0.6 is 0 Å². The van der Waals surface area contributed by atoms with Gasteiger partial charge in [0.15, 0.2) is 0 Å². The van der Waals surface area contributed by atoms with Crippen LogP contribution in [0.5, 0.6) is 0 Å². The maximum absolute atomic E-state index is 2.52. The van der Waals surface area contributed by atoms with E-state index >= 15 is 0 Å². The van der Waals surface area contributed by atoms with Crippen molar-refractivity contribution in [3.8, 4) is 33.6 Å². The molecule has 0 unspecified atom stereocenters. The highest BCUT2D eigenvalue weighted by Gasteiger charge is 2.25. The lowest BCUT2D eigenvalue weighted by molar-refractivity contribution is 1.18. The summed E-state index contributed by atoms with van der Waals surface area (Å²) in [7, 11) is 13.7. The van der Waals surface area contributed by atoms with Crippen LogP contribution in [0.1, 0.15) is 0 Å². The van der Waals surface area contributed by atoms with Crippen molar-refractivity contribution in [3.63, 3.8) is 0 Å². The Labute approximate surface area is 298 Å². The zero-order chi connectivity index (χ0) is 34.3. The SMILES string of the molecule is Bc1cc(B)c2c(c1B)c1c3c4c(B)c(B)cc(B)c4n(-c4cccc(-c5ccccc5)c4)c3ccc1n2-c1ccc(-c2ccccc2)cc1. The topological polar surface area (TPSA) is 9.86 Å². The summed E-state index contributed by atoms with van der Waals surface area (Å²) in [6.45, 7) is 0. The van der Waals surface area contributed by atoms with Crippen LogP contribution in [0.4, 0.5) is 0 Å². The Morgan fingerprint density at radius 2 is 0.760 bits per heavy atom. The molecule has 9 aromatic rings. The third-order valence-electron chi connectivity index (χ3n) is 11.1. The number of hydrogen-bond donors (Lipinski definition) is 0. The number of nitrogens with zero attached hydrogens (tertiary/aromatic N) is 2. The van der Waals surface area contributed by atoms with Crippen molar-refractivity contribution in [1.29, 1.82) is 0 Å². The lowest BCUT2D eigenvalue weighted by atomic mass is 9.73. The van der Waals surface area contributed by atoms with E-state index in [1.807, 2.05) is 0 Å². The van der Waals surface area contributed by atoms with Gasteiger partial charge in [0, 0.05) is 44.0 Å². The quantitative estimate of drug-likeness (QED) is 0.254. The Hall–Kier alpha value is -5.47. The first kappa shape index (κ1) is 30.6. The minimum absolute atomic E-state index is 1.18. The molecule has 0 amide bonds. The fourth-order valence-electron chi connectivity index (χ4n) is 8.46. The predicted molar refractivity (Wildman–Crippen MR) is 235 cm³/mol. The molecule has 50 heavy (non-hydrogen) atoms. The van der Waals surface area contributed by atoms with Crippen LogP contribution in [0, 0.1) is 0 Å². The number of benzene rings is 7. The van der Waals surface area contributed by atoms with Gasteiger partial charge in [0.1, 0.15) is 47.1 Å². The molecule has 0 fully saturated rings. The average Bonchev–Trinajstić information content (AvgIpc) is 3.69. The summed E-state index contributed by atoms with van der Waals surface area (Å²) in [4.78, 5) is 0. The number of fused-ring (bicyclic) bond motifs is 7. The van der Waals surface area contributed by atoms with Crippen LogP contribution < -0.4 is 32.8 Å². The third kappa shape index (κ3) is 4.51. The molecule has 0 N–H and O–H groups in total. The largest absolute Gasteiger partial charge is 0.310 e. The lowest BCUT2D eigenvalue weighted by Gasteiger charge is -2.13. The van der Waals surface area contributed by atoms with E-state index in [0.29, 0.717) is 0 Å². The summed E-state index contributed by atoms with van der Waals surface area (Å²) in [5, 5.41) is 5.38. The van der Waals surface area contributed by atoms with Crippen LogP contribution in [0.3, 0.4) is 0 Å². The van der Waals surface area contributed by atoms with E-state index in [-0.39, 0.29) is 0 Å². The first-order valence-corrected chi connectivity index (χ1v) is 17.6. The first-order valence-electron chi connectivity index (χ1n) is 17.6. The Kier molecular flexibility index (Phi) is 7.07. The molecule has 0 radical (unpaired) electrons. The van der Waals surface area contributed by atoms with Crippen LogP contribution in [0.25, 0.3) is 77.2 Å². The Morgan fingerprint density at radius 1 is 0.320 bits per heavy atom. The molecule has 2 aromatic heterocycles. The zero-order valence-electron chi connectivity index (χ0n) is 29.6. The second kappa shape index (κ2) is 11.6. The zero-order valence-corrected chi connectivity index (χ0v) is 29.6. The molecule has 7 aromatic carbocycles. The van der Waals surface area contributed by atoms with E-state index in [2.05, 4.69) is 190 Å². The van der Waals surface area contributed by atoms with Gasteiger partial charge in [-0.2, -0.15) is 0 Å². The molecule has 0 bridgehead atoms. The summed E-state index contributed by atoms with van der Waals surface area (Å²) >= 11 is 0. The number of hydrogen-bond acceptors (Lipinski definition) is 0. The number of rotatable bonds is 4. The molecule has 0 aliphatic heterocycles. The fraction of sp³-hybridized carbons (Fsp3) is 0. The van der Waals surface area contributed by atoms with E-state index in [1.54, 1.807) is 0 Å². The molecule has 0 saturated heterocycles. The van der Waals surface area contributed by atoms with Crippen molar-refractivity contribution in [3.05, 3.63) is 133 Å². The molecular weight excluding hydrogens is 597 g/mol. The molecule has 0 aliphatic carbocycles. The van der Waals surface area contributed by atoms with Crippen molar-refractivity contribution in [1.82, 2.24) is 9.13 Å². The molecule has 0 atom stereocenters. The molecular formula is C42H34B6N2. The second-order valence-corrected chi connectivity index (χ2v) is 14.1. The highest BCUT2D eigenvalue weighted by molar-refractivity contribution is 6.61. The van der Waals surface area contributed by atoms with Gasteiger partial charge in [-0.3, -0.25) is 0 Å². The van der Waals surface area contributed by atoms with Gasteiger partial charge in [0.05, 0.1) is 11.0 Å². The van der Waals surface area contributed by atoms with Crippen LogP contribution in [-0.4, -0.2) is 56.2 Å². The normalized spacial score (nSPS) is 11.7. The van der Waals surface area contributed by atoms with Crippen molar-refractivity contribution < 1.29 is 0 Å². The summed E-state index contributed by atoms with van der Waals surface area (Å²) in [5.74, 6) is 0. The predicted octanol–water partition coefficient (Wildman–Crippen LogP) is 0.765. The van der Waals surface area contributed by atoms with E-state index in [1.165, 1.54) is 110 Å². The van der Waals surface area contributed by atoms with Crippen molar-refractivity contribution in [2.24, 2.45) is 0 Å². The molecule has 0 saturated carbocycles. The Morgan fingerprint density at radius 3 is 1.28 bits per heavy atom. The Balaban J connectivity index is 1.43. The van der Waals surface area contributed by atoms with Gasteiger partial charge < -0.3 is 9.13 Å². The van der Waals surface area contributed by atoms with E-state index < -0.39 is 0 Å². The summed E-state index contributed by atoms with van der Waals surface area (Å²) in [6, 6.07) is 49.0. The second-order valence-electron chi connectivity index (χ2n) is 14.1. The van der Waals surface area contributed by atoms with Gasteiger partial charge in [-0.25, -0.2) is 0 Å². The summed E-state index contributed by atoms with van der Waals surface area (Å²) in [6.07, 6.45) is 0.